The number of carbonyl (C=O) groups is 1. The van der Waals surface area contributed by atoms with Crippen molar-refractivity contribution in [1.29, 1.82) is 0 Å². The maximum atomic E-state index is 12.6. The molecule has 1 amide bonds. The summed E-state index contributed by atoms with van der Waals surface area (Å²) in [4.78, 5) is 15.4. The SMILES string of the molecule is C=CCN(Cc1ccc(Cl)s1)C(=O)c1ccc(C)c(N)c1. The molecule has 1 heterocycles. The van der Waals surface area contributed by atoms with Crippen molar-refractivity contribution in [2.24, 2.45) is 0 Å². The maximum absolute atomic E-state index is 12.6. The summed E-state index contributed by atoms with van der Waals surface area (Å²) in [5.41, 5.74) is 8.06. The summed E-state index contributed by atoms with van der Waals surface area (Å²) >= 11 is 7.41. The van der Waals surface area contributed by atoms with E-state index in [-0.39, 0.29) is 5.91 Å². The number of hydrogen-bond donors (Lipinski definition) is 1. The van der Waals surface area contributed by atoms with Gasteiger partial charge in [0.1, 0.15) is 0 Å². The molecule has 21 heavy (non-hydrogen) atoms. The van der Waals surface area contributed by atoms with Crippen LogP contribution in [-0.4, -0.2) is 17.4 Å². The van der Waals surface area contributed by atoms with Crippen molar-refractivity contribution in [3.05, 3.63) is 63.3 Å². The fraction of sp³-hybridized carbons (Fsp3) is 0.188. The Morgan fingerprint density at radius 2 is 2.19 bits per heavy atom. The summed E-state index contributed by atoms with van der Waals surface area (Å²) in [7, 11) is 0. The first-order valence-corrected chi connectivity index (χ1v) is 7.71. The average molecular weight is 321 g/mol. The lowest BCUT2D eigenvalue weighted by atomic mass is 10.1. The van der Waals surface area contributed by atoms with Gasteiger partial charge in [0.05, 0.1) is 10.9 Å². The predicted octanol–water partition coefficient (Wildman–Crippen LogP) is 4.12. The van der Waals surface area contributed by atoms with Crippen molar-refractivity contribution in [1.82, 2.24) is 4.90 Å². The van der Waals surface area contributed by atoms with Gasteiger partial charge in [0.15, 0.2) is 0 Å². The fourth-order valence-electron chi connectivity index (χ4n) is 1.96. The molecule has 0 saturated heterocycles. The Balaban J connectivity index is 2.22. The van der Waals surface area contributed by atoms with Crippen LogP contribution in [0.25, 0.3) is 0 Å². The minimum atomic E-state index is -0.0638. The zero-order valence-corrected chi connectivity index (χ0v) is 13.4. The van der Waals surface area contributed by atoms with Gasteiger partial charge in [-0.2, -0.15) is 0 Å². The fourth-order valence-corrected chi connectivity index (χ4v) is 3.06. The number of anilines is 1. The van der Waals surface area contributed by atoms with Crippen LogP contribution in [-0.2, 0) is 6.54 Å². The van der Waals surface area contributed by atoms with Crippen LogP contribution < -0.4 is 5.73 Å². The number of amides is 1. The summed E-state index contributed by atoms with van der Waals surface area (Å²) in [5.74, 6) is -0.0638. The van der Waals surface area contributed by atoms with Gasteiger partial charge < -0.3 is 10.6 Å². The zero-order valence-electron chi connectivity index (χ0n) is 11.8. The first-order valence-electron chi connectivity index (χ1n) is 6.51. The predicted molar refractivity (Wildman–Crippen MR) is 89.9 cm³/mol. The van der Waals surface area contributed by atoms with E-state index < -0.39 is 0 Å². The first kappa shape index (κ1) is 15.6. The first-order chi connectivity index (χ1) is 10.0. The molecule has 0 fully saturated rings. The van der Waals surface area contributed by atoms with E-state index >= 15 is 0 Å². The Hall–Kier alpha value is -1.78. The molecule has 0 aliphatic heterocycles. The van der Waals surface area contributed by atoms with Gasteiger partial charge in [-0.3, -0.25) is 4.79 Å². The molecule has 5 heteroatoms. The molecule has 0 aliphatic carbocycles. The van der Waals surface area contributed by atoms with Crippen LogP contribution in [0.5, 0.6) is 0 Å². The third-order valence-electron chi connectivity index (χ3n) is 3.14. The molecule has 2 N–H and O–H groups in total. The van der Waals surface area contributed by atoms with Crippen molar-refractivity contribution >= 4 is 34.5 Å². The quantitative estimate of drug-likeness (QED) is 0.665. The van der Waals surface area contributed by atoms with E-state index in [4.69, 9.17) is 17.3 Å². The molecule has 3 nitrogen and oxygen atoms in total. The number of benzene rings is 1. The van der Waals surface area contributed by atoms with Gasteiger partial charge in [0.25, 0.3) is 5.91 Å². The second-order valence-electron chi connectivity index (χ2n) is 4.75. The van der Waals surface area contributed by atoms with Crippen LogP contribution in [0.15, 0.2) is 43.0 Å². The van der Waals surface area contributed by atoms with Crippen LogP contribution in [0.4, 0.5) is 5.69 Å². The minimum absolute atomic E-state index is 0.0638. The summed E-state index contributed by atoms with van der Waals surface area (Å²) in [6, 6.07) is 9.14. The average Bonchev–Trinajstić information content (AvgIpc) is 2.86. The van der Waals surface area contributed by atoms with Crippen molar-refractivity contribution in [2.45, 2.75) is 13.5 Å². The monoisotopic (exact) mass is 320 g/mol. The molecule has 0 atom stereocenters. The molecule has 0 spiro atoms. The topological polar surface area (TPSA) is 46.3 Å². The van der Waals surface area contributed by atoms with Crippen molar-refractivity contribution in [3.63, 3.8) is 0 Å². The molecule has 110 valence electrons. The second kappa shape index (κ2) is 6.78. The van der Waals surface area contributed by atoms with Gasteiger partial charge in [-0.1, -0.05) is 23.7 Å². The van der Waals surface area contributed by atoms with E-state index in [0.717, 1.165) is 14.8 Å². The standard InChI is InChI=1S/C16H17ClN2OS/c1-3-8-19(10-13-6-7-15(17)21-13)16(20)12-5-4-11(2)14(18)9-12/h3-7,9H,1,8,10,18H2,2H3. The molecule has 0 bridgehead atoms. The van der Waals surface area contributed by atoms with Gasteiger partial charge in [-0.15, -0.1) is 17.9 Å². The molecule has 2 rings (SSSR count). The number of hydrogen-bond acceptors (Lipinski definition) is 3. The largest absolute Gasteiger partial charge is 0.398 e. The van der Waals surface area contributed by atoms with E-state index in [1.807, 2.05) is 25.1 Å². The van der Waals surface area contributed by atoms with Crippen LogP contribution in [0.2, 0.25) is 4.34 Å². The normalized spacial score (nSPS) is 10.4. The van der Waals surface area contributed by atoms with Gasteiger partial charge in [0, 0.05) is 22.7 Å². The lowest BCUT2D eigenvalue weighted by Gasteiger charge is -2.21. The van der Waals surface area contributed by atoms with E-state index in [1.165, 1.54) is 11.3 Å². The van der Waals surface area contributed by atoms with Gasteiger partial charge in [-0.05, 0) is 36.8 Å². The summed E-state index contributed by atoms with van der Waals surface area (Å²) < 4.78 is 0.718. The van der Waals surface area contributed by atoms with Gasteiger partial charge in [0.2, 0.25) is 0 Å². The number of halogens is 1. The van der Waals surface area contributed by atoms with Crippen LogP contribution >= 0.6 is 22.9 Å². The summed E-state index contributed by atoms with van der Waals surface area (Å²) in [6.07, 6.45) is 1.71. The summed E-state index contributed by atoms with van der Waals surface area (Å²) in [6.45, 7) is 6.61. The van der Waals surface area contributed by atoms with Crippen molar-refractivity contribution in [2.75, 3.05) is 12.3 Å². The highest BCUT2D eigenvalue weighted by atomic mass is 35.5. The Kier molecular flexibility index (Phi) is 5.04. The number of rotatable bonds is 5. The lowest BCUT2D eigenvalue weighted by Crippen LogP contribution is -2.30. The third kappa shape index (κ3) is 3.86. The van der Waals surface area contributed by atoms with Crippen molar-refractivity contribution < 1.29 is 4.79 Å². The number of nitrogens with zero attached hydrogens (tertiary/aromatic N) is 1. The van der Waals surface area contributed by atoms with E-state index in [2.05, 4.69) is 6.58 Å². The van der Waals surface area contributed by atoms with Crippen LogP contribution in [0.1, 0.15) is 20.8 Å². The molecule has 2 aromatic rings. The highest BCUT2D eigenvalue weighted by Crippen LogP contribution is 2.23. The third-order valence-corrected chi connectivity index (χ3v) is 4.35. The lowest BCUT2D eigenvalue weighted by molar-refractivity contribution is 0.0764. The molecular weight excluding hydrogens is 304 g/mol. The summed E-state index contributed by atoms with van der Waals surface area (Å²) in [5, 5.41) is 0. The Morgan fingerprint density at radius 1 is 1.43 bits per heavy atom. The molecular formula is C16H17ClN2OS. The molecule has 0 radical (unpaired) electrons. The van der Waals surface area contributed by atoms with E-state index in [0.29, 0.717) is 24.3 Å². The Morgan fingerprint density at radius 3 is 2.76 bits per heavy atom. The molecule has 0 aliphatic rings. The van der Waals surface area contributed by atoms with Crippen LogP contribution in [0, 0.1) is 6.92 Å². The zero-order chi connectivity index (χ0) is 15.4. The maximum Gasteiger partial charge on any atom is 0.254 e. The Bertz CT molecular complexity index is 666. The second-order valence-corrected chi connectivity index (χ2v) is 6.55. The van der Waals surface area contributed by atoms with Crippen LogP contribution in [0.3, 0.4) is 0 Å². The van der Waals surface area contributed by atoms with Gasteiger partial charge >= 0.3 is 0 Å². The molecule has 0 saturated carbocycles. The highest BCUT2D eigenvalue weighted by molar-refractivity contribution is 7.16. The van der Waals surface area contributed by atoms with E-state index in [1.54, 1.807) is 23.1 Å². The van der Waals surface area contributed by atoms with Crippen molar-refractivity contribution in [3.8, 4) is 0 Å². The molecule has 1 aromatic carbocycles. The highest BCUT2D eigenvalue weighted by Gasteiger charge is 2.16. The number of thiophene rings is 1. The number of nitrogens with two attached hydrogens (primary N) is 1. The Labute approximate surface area is 133 Å². The smallest absolute Gasteiger partial charge is 0.254 e. The number of aryl methyl sites for hydroxylation is 1. The number of carbonyl (C=O) groups excluding carboxylic acids is 1. The van der Waals surface area contributed by atoms with E-state index in [9.17, 15) is 4.79 Å². The van der Waals surface area contributed by atoms with Gasteiger partial charge in [-0.25, -0.2) is 0 Å². The molecule has 1 aromatic heterocycles. The number of nitrogen functional groups attached to an aromatic ring is 1. The minimum Gasteiger partial charge on any atom is -0.398 e. The molecule has 0 unspecified atom stereocenters.